The first kappa shape index (κ1) is 24.0. The van der Waals surface area contributed by atoms with Crippen LogP contribution in [-0.4, -0.2) is 63.4 Å². The number of hydrogen-bond acceptors (Lipinski definition) is 4. The Bertz CT molecular complexity index is 552. The second kappa shape index (κ2) is 12.4. The Labute approximate surface area is 180 Å². The number of benzene rings is 1. The van der Waals surface area contributed by atoms with Gasteiger partial charge in [-0.3, -0.25) is 9.89 Å². The van der Waals surface area contributed by atoms with E-state index in [1.165, 1.54) is 5.56 Å². The lowest BCUT2D eigenvalue weighted by Gasteiger charge is -2.26. The van der Waals surface area contributed by atoms with Crippen LogP contribution in [0.5, 0.6) is 5.75 Å². The molecule has 0 amide bonds. The van der Waals surface area contributed by atoms with E-state index in [0.29, 0.717) is 19.1 Å². The second-order valence-corrected chi connectivity index (χ2v) is 7.62. The number of hydrogen-bond donors (Lipinski definition) is 2. The molecule has 1 fully saturated rings. The molecule has 0 aromatic heterocycles. The van der Waals surface area contributed by atoms with Gasteiger partial charge in [-0.2, -0.15) is 0 Å². The molecule has 0 spiro atoms. The molecule has 1 saturated heterocycles. The Morgan fingerprint density at radius 1 is 1.22 bits per heavy atom. The summed E-state index contributed by atoms with van der Waals surface area (Å²) in [6, 6.07) is 8.27. The minimum atomic E-state index is 0. The molecule has 0 unspecified atom stereocenters. The highest BCUT2D eigenvalue weighted by atomic mass is 127. The Kier molecular flexibility index (Phi) is 11.0. The quantitative estimate of drug-likeness (QED) is 0.254. The predicted octanol–water partition coefficient (Wildman–Crippen LogP) is 2.61. The number of halogens is 1. The molecule has 0 atom stereocenters. The Balaban J connectivity index is 0.00000364. The number of aliphatic imine (C=N–C) groups is 1. The minimum absolute atomic E-state index is 0. The van der Waals surface area contributed by atoms with E-state index in [1.54, 1.807) is 0 Å². The van der Waals surface area contributed by atoms with Gasteiger partial charge in [0.1, 0.15) is 12.4 Å². The van der Waals surface area contributed by atoms with Crippen LogP contribution in [0, 0.1) is 0 Å². The van der Waals surface area contributed by atoms with Crippen LogP contribution in [0.2, 0.25) is 0 Å². The number of rotatable bonds is 8. The highest BCUT2D eigenvalue weighted by molar-refractivity contribution is 14.0. The molecule has 0 radical (unpaired) electrons. The first-order valence-electron chi connectivity index (χ1n) is 9.52. The summed E-state index contributed by atoms with van der Waals surface area (Å²) >= 11 is 0. The van der Waals surface area contributed by atoms with E-state index in [0.717, 1.165) is 51.6 Å². The Hall–Kier alpha value is -1.06. The summed E-state index contributed by atoms with van der Waals surface area (Å²) in [5, 5.41) is 3.10. The van der Waals surface area contributed by atoms with Crippen molar-refractivity contribution in [1.82, 2.24) is 10.2 Å². The first-order chi connectivity index (χ1) is 12.4. The van der Waals surface area contributed by atoms with E-state index in [1.807, 2.05) is 12.1 Å². The van der Waals surface area contributed by atoms with Crippen molar-refractivity contribution in [3.8, 4) is 5.75 Å². The molecule has 154 valence electrons. The van der Waals surface area contributed by atoms with Crippen LogP contribution in [0.25, 0.3) is 0 Å². The van der Waals surface area contributed by atoms with Crippen LogP contribution in [-0.2, 0) is 10.2 Å². The van der Waals surface area contributed by atoms with Gasteiger partial charge >= 0.3 is 0 Å². The summed E-state index contributed by atoms with van der Waals surface area (Å²) in [7, 11) is 0. The lowest BCUT2D eigenvalue weighted by atomic mass is 9.87. The van der Waals surface area contributed by atoms with Gasteiger partial charge in [0, 0.05) is 26.2 Å². The highest BCUT2D eigenvalue weighted by Gasteiger charge is 2.13. The summed E-state index contributed by atoms with van der Waals surface area (Å²) < 4.78 is 11.1. The first-order valence-corrected chi connectivity index (χ1v) is 9.52. The topological polar surface area (TPSA) is 72.1 Å². The fraction of sp³-hybridized carbons (Fsp3) is 0.650. The molecule has 0 aliphatic carbocycles. The normalized spacial score (nSPS) is 15.9. The number of nitrogens with one attached hydrogen (secondary N) is 1. The molecule has 3 N–H and O–H groups in total. The smallest absolute Gasteiger partial charge is 0.188 e. The van der Waals surface area contributed by atoms with E-state index in [-0.39, 0.29) is 29.4 Å². The fourth-order valence-corrected chi connectivity index (χ4v) is 2.77. The van der Waals surface area contributed by atoms with Crippen LogP contribution in [0.4, 0.5) is 0 Å². The number of nitrogens with zero attached hydrogens (tertiary/aromatic N) is 2. The standard InChI is InChI=1S/C20H34N4O2.HI/c1-20(2,3)17-5-7-18(8-6-17)26-14-10-23-19(21)22-9-4-11-24-12-15-25-16-13-24;/h5-8H,4,9-16H2,1-3H3,(H3,21,22,23);1H. The van der Waals surface area contributed by atoms with Crippen molar-refractivity contribution >= 4 is 29.9 Å². The zero-order valence-electron chi connectivity index (χ0n) is 16.9. The molecule has 27 heavy (non-hydrogen) atoms. The monoisotopic (exact) mass is 490 g/mol. The summed E-state index contributed by atoms with van der Waals surface area (Å²) in [6.07, 6.45) is 1.01. The third-order valence-corrected chi connectivity index (χ3v) is 4.42. The maximum Gasteiger partial charge on any atom is 0.188 e. The lowest BCUT2D eigenvalue weighted by molar-refractivity contribution is 0.0377. The van der Waals surface area contributed by atoms with Crippen molar-refractivity contribution in [3.05, 3.63) is 29.8 Å². The average Bonchev–Trinajstić information content (AvgIpc) is 2.63. The van der Waals surface area contributed by atoms with Gasteiger partial charge in [0.25, 0.3) is 0 Å². The van der Waals surface area contributed by atoms with E-state index in [2.05, 4.69) is 48.1 Å². The average molecular weight is 490 g/mol. The fourth-order valence-electron chi connectivity index (χ4n) is 2.77. The molecule has 1 aliphatic heterocycles. The molecule has 1 aromatic rings. The molecular weight excluding hydrogens is 455 g/mol. The summed E-state index contributed by atoms with van der Waals surface area (Å²) in [5.74, 6) is 1.36. The molecule has 1 aliphatic rings. The molecule has 0 saturated carbocycles. The van der Waals surface area contributed by atoms with Gasteiger partial charge in [-0.15, -0.1) is 24.0 Å². The number of nitrogens with two attached hydrogens (primary N) is 1. The van der Waals surface area contributed by atoms with Gasteiger partial charge in [-0.05, 0) is 29.5 Å². The van der Waals surface area contributed by atoms with Gasteiger partial charge in [0.05, 0.1) is 19.8 Å². The van der Waals surface area contributed by atoms with Crippen LogP contribution in [0.15, 0.2) is 29.3 Å². The van der Waals surface area contributed by atoms with Gasteiger partial charge in [0.2, 0.25) is 0 Å². The number of guanidine groups is 1. The third kappa shape index (κ3) is 9.62. The Morgan fingerprint density at radius 2 is 1.89 bits per heavy atom. The van der Waals surface area contributed by atoms with Crippen molar-refractivity contribution < 1.29 is 9.47 Å². The number of ether oxygens (including phenoxy) is 2. The van der Waals surface area contributed by atoms with Crippen molar-refractivity contribution in [2.45, 2.75) is 32.6 Å². The highest BCUT2D eigenvalue weighted by Crippen LogP contribution is 2.24. The zero-order valence-corrected chi connectivity index (χ0v) is 19.2. The minimum Gasteiger partial charge on any atom is -0.492 e. The van der Waals surface area contributed by atoms with Crippen LogP contribution >= 0.6 is 24.0 Å². The summed E-state index contributed by atoms with van der Waals surface area (Å²) in [4.78, 5) is 6.77. The van der Waals surface area contributed by atoms with Crippen LogP contribution < -0.4 is 15.8 Å². The summed E-state index contributed by atoms with van der Waals surface area (Å²) in [5.41, 5.74) is 7.35. The van der Waals surface area contributed by atoms with Gasteiger partial charge < -0.3 is 20.5 Å². The molecule has 2 rings (SSSR count). The van der Waals surface area contributed by atoms with Gasteiger partial charge in [-0.25, -0.2) is 0 Å². The molecular formula is C20H35IN4O2. The van der Waals surface area contributed by atoms with E-state index in [4.69, 9.17) is 15.2 Å². The largest absolute Gasteiger partial charge is 0.492 e. The molecule has 7 heteroatoms. The molecule has 6 nitrogen and oxygen atoms in total. The lowest BCUT2D eigenvalue weighted by Crippen LogP contribution is -2.37. The van der Waals surface area contributed by atoms with Gasteiger partial charge in [0.15, 0.2) is 5.96 Å². The van der Waals surface area contributed by atoms with E-state index in [9.17, 15) is 0 Å². The van der Waals surface area contributed by atoms with Crippen molar-refractivity contribution in [2.75, 3.05) is 52.5 Å². The molecule has 1 heterocycles. The SMILES string of the molecule is CC(C)(C)c1ccc(OCCNC(N)=NCCCN2CCOCC2)cc1.I. The predicted molar refractivity (Wildman–Crippen MR) is 122 cm³/mol. The van der Waals surface area contributed by atoms with Crippen molar-refractivity contribution in [1.29, 1.82) is 0 Å². The van der Waals surface area contributed by atoms with Crippen molar-refractivity contribution in [2.24, 2.45) is 10.7 Å². The molecule has 1 aromatic carbocycles. The molecule has 0 bridgehead atoms. The van der Waals surface area contributed by atoms with Crippen molar-refractivity contribution in [3.63, 3.8) is 0 Å². The zero-order chi connectivity index (χ0) is 18.8. The maximum atomic E-state index is 5.89. The Morgan fingerprint density at radius 3 is 2.52 bits per heavy atom. The summed E-state index contributed by atoms with van der Waals surface area (Å²) in [6.45, 7) is 13.3. The van der Waals surface area contributed by atoms with Crippen LogP contribution in [0.1, 0.15) is 32.8 Å². The van der Waals surface area contributed by atoms with Crippen LogP contribution in [0.3, 0.4) is 0 Å². The second-order valence-electron chi connectivity index (χ2n) is 7.62. The van der Waals surface area contributed by atoms with E-state index >= 15 is 0 Å². The maximum absolute atomic E-state index is 5.89. The van der Waals surface area contributed by atoms with E-state index < -0.39 is 0 Å². The van der Waals surface area contributed by atoms with Gasteiger partial charge in [-0.1, -0.05) is 32.9 Å². The number of morpholine rings is 1. The third-order valence-electron chi connectivity index (χ3n) is 4.42.